The van der Waals surface area contributed by atoms with E-state index in [4.69, 9.17) is 4.74 Å². The van der Waals surface area contributed by atoms with Crippen LogP contribution in [0, 0.1) is 0 Å². The van der Waals surface area contributed by atoms with E-state index < -0.39 is 0 Å². The molecule has 23 heavy (non-hydrogen) atoms. The lowest BCUT2D eigenvalue weighted by atomic mass is 10.1. The minimum atomic E-state index is -0.237. The molecule has 0 unspecified atom stereocenters. The molecule has 2 amide bonds. The standard InChI is InChI=1S/C17H22N4O2/c1-21-12-15(13-6-3-2-4-7-13)16(20-21)19-17(22)18-10-9-14-8-5-11-23-14/h2-4,6-7,12,14H,5,8-11H2,1H3,(H2,18,19,20,22)/t14-/m0/s1. The summed E-state index contributed by atoms with van der Waals surface area (Å²) < 4.78 is 7.24. The van der Waals surface area contributed by atoms with Crippen LogP contribution in [-0.4, -0.2) is 35.1 Å². The molecule has 1 aliphatic rings. The third-order valence-electron chi connectivity index (χ3n) is 3.92. The fourth-order valence-electron chi connectivity index (χ4n) is 2.78. The summed E-state index contributed by atoms with van der Waals surface area (Å²) >= 11 is 0. The average molecular weight is 314 g/mol. The third kappa shape index (κ3) is 4.10. The van der Waals surface area contributed by atoms with Gasteiger partial charge in [0.05, 0.1) is 6.10 Å². The molecule has 0 saturated carbocycles. The quantitative estimate of drug-likeness (QED) is 0.891. The average Bonchev–Trinajstić information content (AvgIpc) is 3.18. The third-order valence-corrected chi connectivity index (χ3v) is 3.92. The summed E-state index contributed by atoms with van der Waals surface area (Å²) in [6, 6.07) is 9.65. The minimum absolute atomic E-state index is 0.237. The summed E-state index contributed by atoms with van der Waals surface area (Å²) in [7, 11) is 1.84. The largest absolute Gasteiger partial charge is 0.378 e. The second kappa shape index (κ2) is 7.28. The Morgan fingerprint density at radius 3 is 2.96 bits per heavy atom. The molecule has 6 heteroatoms. The number of nitrogens with one attached hydrogen (secondary N) is 2. The number of aryl methyl sites for hydroxylation is 1. The van der Waals surface area contributed by atoms with Gasteiger partial charge in [-0.15, -0.1) is 0 Å². The molecule has 2 aromatic rings. The van der Waals surface area contributed by atoms with E-state index in [1.165, 1.54) is 0 Å². The lowest BCUT2D eigenvalue weighted by Crippen LogP contribution is -2.31. The van der Waals surface area contributed by atoms with E-state index in [9.17, 15) is 4.79 Å². The number of hydrogen-bond donors (Lipinski definition) is 2. The van der Waals surface area contributed by atoms with Crippen LogP contribution < -0.4 is 10.6 Å². The van der Waals surface area contributed by atoms with Crippen molar-refractivity contribution in [1.29, 1.82) is 0 Å². The highest BCUT2D eigenvalue weighted by Crippen LogP contribution is 2.26. The van der Waals surface area contributed by atoms with Crippen LogP contribution in [0.5, 0.6) is 0 Å². The summed E-state index contributed by atoms with van der Waals surface area (Å²) in [4.78, 5) is 12.1. The molecule has 0 bridgehead atoms. The molecule has 1 atom stereocenters. The van der Waals surface area contributed by atoms with Crippen LogP contribution in [0.1, 0.15) is 19.3 Å². The van der Waals surface area contributed by atoms with Gasteiger partial charge in [0, 0.05) is 32.0 Å². The maximum Gasteiger partial charge on any atom is 0.320 e. The minimum Gasteiger partial charge on any atom is -0.378 e. The van der Waals surface area contributed by atoms with Gasteiger partial charge in [0.1, 0.15) is 0 Å². The topological polar surface area (TPSA) is 68.2 Å². The molecule has 3 rings (SSSR count). The Bertz CT molecular complexity index is 648. The van der Waals surface area contributed by atoms with Crippen LogP contribution in [0.25, 0.3) is 11.1 Å². The number of urea groups is 1. The van der Waals surface area contributed by atoms with E-state index in [-0.39, 0.29) is 12.1 Å². The van der Waals surface area contributed by atoms with Crippen molar-refractivity contribution in [3.8, 4) is 11.1 Å². The van der Waals surface area contributed by atoms with Gasteiger partial charge in [0.15, 0.2) is 5.82 Å². The van der Waals surface area contributed by atoms with Gasteiger partial charge in [0.25, 0.3) is 0 Å². The predicted molar refractivity (Wildman–Crippen MR) is 89.3 cm³/mol. The Balaban J connectivity index is 1.58. The highest BCUT2D eigenvalue weighted by molar-refractivity contribution is 5.92. The highest BCUT2D eigenvalue weighted by Gasteiger charge is 2.16. The summed E-state index contributed by atoms with van der Waals surface area (Å²) in [5, 5.41) is 10.0. The van der Waals surface area contributed by atoms with E-state index in [0.29, 0.717) is 12.4 Å². The first-order chi connectivity index (χ1) is 11.2. The van der Waals surface area contributed by atoms with Gasteiger partial charge in [-0.05, 0) is 24.8 Å². The van der Waals surface area contributed by atoms with Crippen LogP contribution >= 0.6 is 0 Å². The summed E-state index contributed by atoms with van der Waals surface area (Å²) in [6.45, 7) is 1.44. The Kier molecular flexibility index (Phi) is 4.92. The molecule has 0 aliphatic carbocycles. The van der Waals surface area contributed by atoms with E-state index >= 15 is 0 Å². The van der Waals surface area contributed by atoms with Gasteiger partial charge >= 0.3 is 6.03 Å². The Labute approximate surface area is 135 Å². The number of nitrogens with zero attached hydrogens (tertiary/aromatic N) is 2. The van der Waals surface area contributed by atoms with E-state index in [0.717, 1.165) is 37.0 Å². The summed E-state index contributed by atoms with van der Waals surface area (Å²) in [5.74, 6) is 0.563. The number of anilines is 1. The van der Waals surface area contributed by atoms with Crippen molar-refractivity contribution < 1.29 is 9.53 Å². The molecule has 2 heterocycles. The highest BCUT2D eigenvalue weighted by atomic mass is 16.5. The molecular formula is C17H22N4O2. The summed E-state index contributed by atoms with van der Waals surface area (Å²) in [5.41, 5.74) is 1.93. The van der Waals surface area contributed by atoms with Gasteiger partial charge in [-0.3, -0.25) is 10.00 Å². The van der Waals surface area contributed by atoms with E-state index in [1.54, 1.807) is 4.68 Å². The van der Waals surface area contributed by atoms with Gasteiger partial charge in [-0.1, -0.05) is 30.3 Å². The number of ether oxygens (including phenoxy) is 1. The number of hydrogen-bond acceptors (Lipinski definition) is 3. The van der Waals surface area contributed by atoms with E-state index in [1.807, 2.05) is 43.6 Å². The maximum absolute atomic E-state index is 12.1. The molecule has 1 fully saturated rings. The zero-order valence-corrected chi connectivity index (χ0v) is 13.3. The van der Waals surface area contributed by atoms with Crippen LogP contribution in [0.15, 0.2) is 36.5 Å². The second-order valence-electron chi connectivity index (χ2n) is 5.74. The number of carbonyl (C=O) groups is 1. The number of rotatable bonds is 5. The van der Waals surface area contributed by atoms with Gasteiger partial charge in [-0.2, -0.15) is 5.10 Å². The monoisotopic (exact) mass is 314 g/mol. The van der Waals surface area contributed by atoms with Crippen molar-refractivity contribution in [3.05, 3.63) is 36.5 Å². The molecule has 1 aromatic carbocycles. The first kappa shape index (κ1) is 15.6. The zero-order chi connectivity index (χ0) is 16.1. The second-order valence-corrected chi connectivity index (χ2v) is 5.74. The van der Waals surface area contributed by atoms with Crippen molar-refractivity contribution in [2.45, 2.75) is 25.4 Å². The molecule has 0 radical (unpaired) electrons. The SMILES string of the molecule is Cn1cc(-c2ccccc2)c(NC(=O)NCC[C@@H]2CCCO2)n1. The normalized spacial score (nSPS) is 17.2. The maximum atomic E-state index is 12.1. The fraction of sp³-hybridized carbons (Fsp3) is 0.412. The van der Waals surface area contributed by atoms with Crippen molar-refractivity contribution in [3.63, 3.8) is 0 Å². The Morgan fingerprint density at radius 2 is 2.22 bits per heavy atom. The zero-order valence-electron chi connectivity index (χ0n) is 13.3. The van der Waals surface area contributed by atoms with Gasteiger partial charge in [-0.25, -0.2) is 4.79 Å². The number of amides is 2. The fourth-order valence-corrected chi connectivity index (χ4v) is 2.78. The van der Waals surface area contributed by atoms with Crippen LogP contribution in [0.4, 0.5) is 10.6 Å². The molecule has 1 aromatic heterocycles. The molecule has 2 N–H and O–H groups in total. The number of aromatic nitrogens is 2. The molecule has 122 valence electrons. The Hall–Kier alpha value is -2.34. The predicted octanol–water partition coefficient (Wildman–Crippen LogP) is 2.78. The lowest BCUT2D eigenvalue weighted by Gasteiger charge is -2.10. The first-order valence-corrected chi connectivity index (χ1v) is 7.98. The number of carbonyl (C=O) groups excluding carboxylic acids is 1. The first-order valence-electron chi connectivity index (χ1n) is 7.98. The smallest absolute Gasteiger partial charge is 0.320 e. The number of benzene rings is 1. The molecular weight excluding hydrogens is 292 g/mol. The lowest BCUT2D eigenvalue weighted by molar-refractivity contribution is 0.105. The molecule has 0 spiro atoms. The summed E-state index contributed by atoms with van der Waals surface area (Å²) in [6.07, 6.45) is 5.23. The van der Waals surface area contributed by atoms with Crippen molar-refractivity contribution in [1.82, 2.24) is 15.1 Å². The Morgan fingerprint density at radius 1 is 1.39 bits per heavy atom. The van der Waals surface area contributed by atoms with Gasteiger partial charge < -0.3 is 10.1 Å². The molecule has 6 nitrogen and oxygen atoms in total. The van der Waals surface area contributed by atoms with Crippen LogP contribution in [0.2, 0.25) is 0 Å². The van der Waals surface area contributed by atoms with Crippen LogP contribution in [0.3, 0.4) is 0 Å². The molecule has 1 saturated heterocycles. The van der Waals surface area contributed by atoms with Crippen molar-refractivity contribution in [2.75, 3.05) is 18.5 Å². The molecule has 1 aliphatic heterocycles. The van der Waals surface area contributed by atoms with Crippen molar-refractivity contribution >= 4 is 11.8 Å². The van der Waals surface area contributed by atoms with Crippen LogP contribution in [-0.2, 0) is 11.8 Å². The van der Waals surface area contributed by atoms with Crippen molar-refractivity contribution in [2.24, 2.45) is 7.05 Å². The van der Waals surface area contributed by atoms with E-state index in [2.05, 4.69) is 15.7 Å². The van der Waals surface area contributed by atoms with Gasteiger partial charge in [0.2, 0.25) is 0 Å².